The Balaban J connectivity index is 1.64. The third-order valence-corrected chi connectivity index (χ3v) is 4.65. The van der Waals surface area contributed by atoms with E-state index < -0.39 is 0 Å². The summed E-state index contributed by atoms with van der Waals surface area (Å²) in [6.07, 6.45) is 7.10. The van der Waals surface area contributed by atoms with Gasteiger partial charge in [0, 0.05) is 5.75 Å². The highest BCUT2D eigenvalue weighted by Crippen LogP contribution is 2.29. The maximum absolute atomic E-state index is 4.60. The second-order valence-corrected chi connectivity index (χ2v) is 5.88. The van der Waals surface area contributed by atoms with E-state index in [1.165, 1.54) is 37.9 Å². The maximum Gasteiger partial charge on any atom is 0.166 e. The van der Waals surface area contributed by atoms with Crippen molar-refractivity contribution in [2.45, 2.75) is 37.3 Å². The topological polar surface area (TPSA) is 28.7 Å². The zero-order chi connectivity index (χ0) is 11.5. The number of thioether (sulfide) groups is 1. The van der Waals surface area contributed by atoms with Crippen LogP contribution >= 0.6 is 11.8 Å². The Labute approximate surface area is 106 Å². The smallest absolute Gasteiger partial charge is 0.166 e. The van der Waals surface area contributed by atoms with Crippen LogP contribution in [0.3, 0.4) is 0 Å². The van der Waals surface area contributed by atoms with Gasteiger partial charge in [0.25, 0.3) is 0 Å². The van der Waals surface area contributed by atoms with E-state index in [0.29, 0.717) is 0 Å². The summed E-state index contributed by atoms with van der Waals surface area (Å²) in [6, 6.07) is 8.25. The molecule has 0 saturated heterocycles. The number of nitrogens with one attached hydrogen (secondary N) is 1. The lowest BCUT2D eigenvalue weighted by Gasteiger charge is -2.20. The summed E-state index contributed by atoms with van der Waals surface area (Å²) in [5.41, 5.74) is 2.23. The number of nitrogens with zero attached hydrogens (tertiary/aromatic N) is 1. The van der Waals surface area contributed by atoms with Gasteiger partial charge in [-0.25, -0.2) is 4.98 Å². The number of aromatic amines is 1. The van der Waals surface area contributed by atoms with Crippen LogP contribution in [0.2, 0.25) is 0 Å². The lowest BCUT2D eigenvalue weighted by atomic mass is 9.91. The van der Waals surface area contributed by atoms with E-state index in [0.717, 1.165) is 22.1 Å². The van der Waals surface area contributed by atoms with Crippen LogP contribution in [0.25, 0.3) is 11.0 Å². The number of para-hydroxylation sites is 2. The third-order valence-electron chi connectivity index (χ3n) is 3.55. The van der Waals surface area contributed by atoms with Gasteiger partial charge >= 0.3 is 0 Å². The molecular formula is C14H18N2S. The molecule has 3 rings (SSSR count). The van der Waals surface area contributed by atoms with Crippen molar-refractivity contribution in [1.29, 1.82) is 0 Å². The van der Waals surface area contributed by atoms with Gasteiger partial charge in [-0.3, -0.25) is 0 Å². The minimum absolute atomic E-state index is 0.905. The van der Waals surface area contributed by atoms with Crippen molar-refractivity contribution >= 4 is 22.8 Å². The second-order valence-electron chi connectivity index (χ2n) is 4.87. The summed E-state index contributed by atoms with van der Waals surface area (Å²) in [6.45, 7) is 0. The van der Waals surface area contributed by atoms with E-state index in [1.54, 1.807) is 0 Å². The molecule has 0 radical (unpaired) electrons. The molecule has 1 aliphatic rings. The molecule has 1 fully saturated rings. The van der Waals surface area contributed by atoms with Crippen LogP contribution in [-0.2, 0) is 0 Å². The van der Waals surface area contributed by atoms with Gasteiger partial charge in [-0.2, -0.15) is 0 Å². The average molecular weight is 246 g/mol. The average Bonchev–Trinajstić information content (AvgIpc) is 2.80. The fraction of sp³-hybridized carbons (Fsp3) is 0.500. The molecule has 90 valence electrons. The summed E-state index contributed by atoms with van der Waals surface area (Å²) in [5, 5.41) is 1.08. The Morgan fingerprint density at radius 3 is 2.82 bits per heavy atom. The number of aromatic nitrogens is 2. The highest BCUT2D eigenvalue weighted by molar-refractivity contribution is 7.99. The van der Waals surface area contributed by atoms with Gasteiger partial charge in [-0.1, -0.05) is 43.2 Å². The van der Waals surface area contributed by atoms with Gasteiger partial charge in [0.2, 0.25) is 0 Å². The highest BCUT2D eigenvalue weighted by Gasteiger charge is 2.14. The summed E-state index contributed by atoms with van der Waals surface area (Å²) in [7, 11) is 0. The van der Waals surface area contributed by atoms with Crippen LogP contribution in [0.5, 0.6) is 0 Å². The summed E-state index contributed by atoms with van der Waals surface area (Å²) < 4.78 is 0. The molecule has 0 aliphatic heterocycles. The minimum Gasteiger partial charge on any atom is -0.333 e. The SMILES string of the molecule is c1ccc2[nH]c(SCC3CCCCC3)nc2c1. The zero-order valence-corrected chi connectivity index (χ0v) is 10.8. The maximum atomic E-state index is 4.60. The predicted octanol–water partition coefficient (Wildman–Crippen LogP) is 4.24. The standard InChI is InChI=1S/C14H18N2S/c1-2-6-11(7-3-1)10-17-14-15-12-8-4-5-9-13(12)16-14/h4-5,8-9,11H,1-3,6-7,10H2,(H,15,16). The van der Waals surface area contributed by atoms with E-state index in [1.807, 2.05) is 17.8 Å². The molecule has 0 bridgehead atoms. The molecule has 0 amide bonds. The lowest BCUT2D eigenvalue weighted by molar-refractivity contribution is 0.391. The Kier molecular flexibility index (Phi) is 3.36. The van der Waals surface area contributed by atoms with E-state index >= 15 is 0 Å². The Bertz CT molecular complexity index is 453. The minimum atomic E-state index is 0.905. The molecule has 1 aromatic carbocycles. The molecule has 1 saturated carbocycles. The first kappa shape index (κ1) is 11.1. The molecular weight excluding hydrogens is 228 g/mol. The number of imidazole rings is 1. The number of hydrogen-bond donors (Lipinski definition) is 1. The van der Waals surface area contributed by atoms with Crippen LogP contribution in [0.4, 0.5) is 0 Å². The Morgan fingerprint density at radius 1 is 1.18 bits per heavy atom. The first-order chi connectivity index (χ1) is 8.42. The van der Waals surface area contributed by atoms with E-state index in [4.69, 9.17) is 0 Å². The van der Waals surface area contributed by atoms with Crippen molar-refractivity contribution in [3.05, 3.63) is 24.3 Å². The fourth-order valence-electron chi connectivity index (χ4n) is 2.55. The predicted molar refractivity (Wildman–Crippen MR) is 73.4 cm³/mol. The quantitative estimate of drug-likeness (QED) is 0.821. The van der Waals surface area contributed by atoms with E-state index in [9.17, 15) is 0 Å². The lowest BCUT2D eigenvalue weighted by Crippen LogP contribution is -2.08. The van der Waals surface area contributed by atoms with Gasteiger partial charge in [0.05, 0.1) is 11.0 Å². The molecule has 2 nitrogen and oxygen atoms in total. The van der Waals surface area contributed by atoms with Gasteiger partial charge in [0.15, 0.2) is 5.16 Å². The molecule has 1 N–H and O–H groups in total. The third kappa shape index (κ3) is 2.65. The number of hydrogen-bond acceptors (Lipinski definition) is 2. The first-order valence-corrected chi connectivity index (χ1v) is 7.48. The van der Waals surface area contributed by atoms with Crippen LogP contribution in [-0.4, -0.2) is 15.7 Å². The molecule has 0 spiro atoms. The monoisotopic (exact) mass is 246 g/mol. The van der Waals surface area contributed by atoms with Gasteiger partial charge in [-0.15, -0.1) is 0 Å². The van der Waals surface area contributed by atoms with Crippen molar-refractivity contribution < 1.29 is 0 Å². The van der Waals surface area contributed by atoms with Gasteiger partial charge in [0.1, 0.15) is 0 Å². The number of H-pyrrole nitrogens is 1. The largest absolute Gasteiger partial charge is 0.333 e. The fourth-order valence-corrected chi connectivity index (χ4v) is 3.62. The summed E-state index contributed by atoms with van der Waals surface area (Å²) >= 11 is 1.89. The molecule has 1 aliphatic carbocycles. The number of benzene rings is 1. The molecule has 0 atom stereocenters. The van der Waals surface area contributed by atoms with E-state index in [-0.39, 0.29) is 0 Å². The molecule has 3 heteroatoms. The Hall–Kier alpha value is -0.960. The normalized spacial score (nSPS) is 17.6. The molecule has 1 heterocycles. The summed E-state index contributed by atoms with van der Waals surface area (Å²) in [4.78, 5) is 7.99. The first-order valence-electron chi connectivity index (χ1n) is 6.49. The number of rotatable bonds is 3. The van der Waals surface area contributed by atoms with Crippen LogP contribution < -0.4 is 0 Å². The Morgan fingerprint density at radius 2 is 2.00 bits per heavy atom. The van der Waals surface area contributed by atoms with Crippen molar-refractivity contribution in [2.24, 2.45) is 5.92 Å². The van der Waals surface area contributed by atoms with Crippen molar-refractivity contribution in [1.82, 2.24) is 9.97 Å². The van der Waals surface area contributed by atoms with E-state index in [2.05, 4.69) is 28.2 Å². The molecule has 0 unspecified atom stereocenters. The molecule has 1 aromatic heterocycles. The second kappa shape index (κ2) is 5.13. The van der Waals surface area contributed by atoms with Gasteiger partial charge in [-0.05, 0) is 30.9 Å². The van der Waals surface area contributed by atoms with Crippen molar-refractivity contribution in [3.63, 3.8) is 0 Å². The zero-order valence-electron chi connectivity index (χ0n) is 9.98. The highest BCUT2D eigenvalue weighted by atomic mass is 32.2. The molecule has 2 aromatic rings. The summed E-state index contributed by atoms with van der Waals surface area (Å²) in [5.74, 6) is 2.13. The molecule has 17 heavy (non-hydrogen) atoms. The van der Waals surface area contributed by atoms with Crippen LogP contribution in [0.1, 0.15) is 32.1 Å². The number of fused-ring (bicyclic) bond motifs is 1. The van der Waals surface area contributed by atoms with Crippen LogP contribution in [0, 0.1) is 5.92 Å². The van der Waals surface area contributed by atoms with Gasteiger partial charge < -0.3 is 4.98 Å². The van der Waals surface area contributed by atoms with Crippen molar-refractivity contribution in [2.75, 3.05) is 5.75 Å². The van der Waals surface area contributed by atoms with Crippen molar-refractivity contribution in [3.8, 4) is 0 Å². The van der Waals surface area contributed by atoms with Crippen LogP contribution in [0.15, 0.2) is 29.4 Å².